The Balaban J connectivity index is 1.71. The summed E-state index contributed by atoms with van der Waals surface area (Å²) in [6.45, 7) is 0.265. The van der Waals surface area contributed by atoms with E-state index in [-0.39, 0.29) is 12.5 Å². The lowest BCUT2D eigenvalue weighted by atomic mass is 10.2. The Morgan fingerprint density at radius 2 is 1.56 bits per heavy atom. The molecule has 0 fully saturated rings. The Morgan fingerprint density at radius 1 is 0.889 bits per heavy atom. The molecule has 3 aromatic carbocycles. The van der Waals surface area contributed by atoms with Crippen molar-refractivity contribution in [1.82, 2.24) is 5.32 Å². The van der Waals surface area contributed by atoms with E-state index in [0.29, 0.717) is 11.1 Å². The highest BCUT2D eigenvalue weighted by molar-refractivity contribution is 7.99. The fourth-order valence-corrected chi connectivity index (χ4v) is 3.42. The number of carbonyl (C=O) groups is 1. The molecule has 0 bridgehead atoms. The van der Waals surface area contributed by atoms with Crippen molar-refractivity contribution in [3.63, 3.8) is 0 Å². The van der Waals surface area contributed by atoms with Gasteiger partial charge in [-0.05, 0) is 36.4 Å². The molecular weight excluding hydrogens is 352 g/mol. The average molecular weight is 368 g/mol. The number of nitrogens with one attached hydrogen (secondary N) is 1. The zero-order chi connectivity index (χ0) is 18.9. The summed E-state index contributed by atoms with van der Waals surface area (Å²) >= 11 is 1.41. The van der Waals surface area contributed by atoms with Crippen LogP contribution in [-0.4, -0.2) is 12.5 Å². The first-order chi connectivity index (χ1) is 13.3. The van der Waals surface area contributed by atoms with E-state index in [4.69, 9.17) is 0 Å². The summed E-state index contributed by atoms with van der Waals surface area (Å²) < 4.78 is 0. The van der Waals surface area contributed by atoms with E-state index in [0.717, 1.165) is 15.4 Å². The zero-order valence-corrected chi connectivity index (χ0v) is 15.3. The summed E-state index contributed by atoms with van der Waals surface area (Å²) in [5.74, 6) is 5.79. The molecule has 3 nitrogen and oxygen atoms in total. The second-order valence-corrected chi connectivity index (χ2v) is 6.64. The number of nitrogens with zero attached hydrogens (tertiary/aromatic N) is 1. The van der Waals surface area contributed by atoms with Crippen molar-refractivity contribution < 1.29 is 4.79 Å². The molecule has 0 aliphatic carbocycles. The summed E-state index contributed by atoms with van der Waals surface area (Å²) in [4.78, 5) is 14.2. The van der Waals surface area contributed by atoms with E-state index in [1.165, 1.54) is 11.8 Å². The molecule has 1 amide bonds. The Bertz CT molecular complexity index is 1040. The van der Waals surface area contributed by atoms with Gasteiger partial charge in [0, 0.05) is 15.4 Å². The summed E-state index contributed by atoms with van der Waals surface area (Å²) in [6.07, 6.45) is 0. The number of nitriles is 1. The van der Waals surface area contributed by atoms with E-state index < -0.39 is 0 Å². The van der Waals surface area contributed by atoms with Crippen LogP contribution in [0.4, 0.5) is 0 Å². The summed E-state index contributed by atoms with van der Waals surface area (Å²) in [5.41, 5.74) is 2.07. The van der Waals surface area contributed by atoms with Crippen LogP contribution in [0.1, 0.15) is 21.5 Å². The van der Waals surface area contributed by atoms with Gasteiger partial charge < -0.3 is 5.32 Å². The van der Waals surface area contributed by atoms with Crippen molar-refractivity contribution in [2.75, 3.05) is 6.54 Å². The third-order valence-corrected chi connectivity index (χ3v) is 4.85. The lowest BCUT2D eigenvalue weighted by Gasteiger charge is -2.09. The molecule has 0 unspecified atom stereocenters. The number of hydrogen-bond donors (Lipinski definition) is 1. The summed E-state index contributed by atoms with van der Waals surface area (Å²) in [6, 6.07) is 26.5. The lowest BCUT2D eigenvalue weighted by molar-refractivity contribution is 0.0956. The second kappa shape index (κ2) is 9.29. The van der Waals surface area contributed by atoms with Crippen LogP contribution in [0.2, 0.25) is 0 Å². The van der Waals surface area contributed by atoms with Crippen molar-refractivity contribution >= 4 is 17.7 Å². The predicted molar refractivity (Wildman–Crippen MR) is 107 cm³/mol. The van der Waals surface area contributed by atoms with E-state index in [2.05, 4.69) is 23.2 Å². The normalized spacial score (nSPS) is 9.59. The second-order valence-electron chi connectivity index (χ2n) is 5.56. The van der Waals surface area contributed by atoms with Crippen LogP contribution in [0.3, 0.4) is 0 Å². The monoisotopic (exact) mass is 368 g/mol. The maximum Gasteiger partial charge on any atom is 0.253 e. The highest BCUT2D eigenvalue weighted by Crippen LogP contribution is 2.32. The SMILES string of the molecule is N#Cc1ccccc1Sc1ccccc1C(=O)NCC#Cc1ccccc1. The van der Waals surface area contributed by atoms with Gasteiger partial charge in [0.2, 0.25) is 0 Å². The van der Waals surface area contributed by atoms with E-state index in [1.807, 2.05) is 66.7 Å². The molecule has 3 rings (SSSR count). The van der Waals surface area contributed by atoms with Crippen LogP contribution in [0.25, 0.3) is 0 Å². The van der Waals surface area contributed by atoms with E-state index >= 15 is 0 Å². The molecule has 3 aromatic rings. The van der Waals surface area contributed by atoms with Crippen LogP contribution in [-0.2, 0) is 0 Å². The third kappa shape index (κ3) is 5.01. The zero-order valence-electron chi connectivity index (χ0n) is 14.5. The Morgan fingerprint density at radius 3 is 2.33 bits per heavy atom. The van der Waals surface area contributed by atoms with Crippen LogP contribution >= 0.6 is 11.8 Å². The highest BCUT2D eigenvalue weighted by atomic mass is 32.2. The predicted octanol–water partition coefficient (Wildman–Crippen LogP) is 4.49. The van der Waals surface area contributed by atoms with Gasteiger partial charge in [-0.15, -0.1) is 0 Å². The fraction of sp³-hybridized carbons (Fsp3) is 0.0435. The quantitative estimate of drug-likeness (QED) is 0.690. The van der Waals surface area contributed by atoms with Crippen LogP contribution in [0.15, 0.2) is 88.7 Å². The number of benzene rings is 3. The number of hydrogen-bond acceptors (Lipinski definition) is 3. The van der Waals surface area contributed by atoms with Crippen LogP contribution in [0.5, 0.6) is 0 Å². The standard InChI is InChI=1S/C23H16N2OS/c24-17-19-12-4-6-14-21(19)27-22-15-7-5-13-20(22)23(26)25-16-8-11-18-9-2-1-3-10-18/h1-7,9-10,12-15H,16H2,(H,25,26). The van der Waals surface area contributed by atoms with Gasteiger partial charge in [-0.3, -0.25) is 4.79 Å². The summed E-state index contributed by atoms with van der Waals surface area (Å²) in [7, 11) is 0. The average Bonchev–Trinajstić information content (AvgIpc) is 2.72. The van der Waals surface area contributed by atoms with Crippen molar-refractivity contribution in [2.24, 2.45) is 0 Å². The minimum absolute atomic E-state index is 0.185. The van der Waals surface area contributed by atoms with Gasteiger partial charge in [0.25, 0.3) is 5.91 Å². The smallest absolute Gasteiger partial charge is 0.253 e. The van der Waals surface area contributed by atoms with E-state index in [9.17, 15) is 10.1 Å². The number of rotatable bonds is 4. The lowest BCUT2D eigenvalue weighted by Crippen LogP contribution is -2.24. The van der Waals surface area contributed by atoms with Gasteiger partial charge >= 0.3 is 0 Å². The van der Waals surface area contributed by atoms with Gasteiger partial charge in [0.15, 0.2) is 0 Å². The highest BCUT2D eigenvalue weighted by Gasteiger charge is 2.12. The van der Waals surface area contributed by atoms with Crippen molar-refractivity contribution in [2.45, 2.75) is 9.79 Å². The van der Waals surface area contributed by atoms with Crippen LogP contribution in [0, 0.1) is 23.2 Å². The molecule has 0 saturated carbocycles. The first-order valence-electron chi connectivity index (χ1n) is 8.36. The molecule has 0 atom stereocenters. The minimum atomic E-state index is -0.185. The molecule has 27 heavy (non-hydrogen) atoms. The first-order valence-corrected chi connectivity index (χ1v) is 9.17. The van der Waals surface area contributed by atoms with Crippen molar-refractivity contribution in [3.05, 3.63) is 95.6 Å². The Labute approximate surface area is 163 Å². The topological polar surface area (TPSA) is 52.9 Å². The Kier molecular flexibility index (Phi) is 6.30. The molecule has 1 N–H and O–H groups in total. The minimum Gasteiger partial charge on any atom is -0.341 e. The molecule has 0 saturated heterocycles. The van der Waals surface area contributed by atoms with Gasteiger partial charge in [-0.2, -0.15) is 5.26 Å². The third-order valence-electron chi connectivity index (χ3n) is 3.70. The molecule has 0 spiro atoms. The number of amides is 1. The molecule has 4 heteroatoms. The maximum atomic E-state index is 12.6. The van der Waals surface area contributed by atoms with Crippen molar-refractivity contribution in [1.29, 1.82) is 5.26 Å². The molecule has 0 aromatic heterocycles. The summed E-state index contributed by atoms with van der Waals surface area (Å²) in [5, 5.41) is 12.1. The van der Waals surface area contributed by atoms with Gasteiger partial charge in [-0.1, -0.05) is 66.1 Å². The maximum absolute atomic E-state index is 12.6. The Hall–Kier alpha value is -3.47. The molecule has 130 valence electrons. The molecule has 0 aliphatic rings. The van der Waals surface area contributed by atoms with Gasteiger partial charge in [0.1, 0.15) is 6.07 Å². The van der Waals surface area contributed by atoms with Crippen molar-refractivity contribution in [3.8, 4) is 17.9 Å². The molecule has 0 heterocycles. The molecular formula is C23H16N2OS. The van der Waals surface area contributed by atoms with E-state index in [1.54, 1.807) is 12.1 Å². The first kappa shape index (κ1) is 18.3. The fourth-order valence-electron chi connectivity index (χ4n) is 2.40. The van der Waals surface area contributed by atoms with Gasteiger partial charge in [0.05, 0.1) is 17.7 Å². The molecule has 0 radical (unpaired) electrons. The van der Waals surface area contributed by atoms with Crippen LogP contribution < -0.4 is 5.32 Å². The number of carbonyl (C=O) groups excluding carboxylic acids is 1. The molecule has 0 aliphatic heterocycles. The van der Waals surface area contributed by atoms with Gasteiger partial charge in [-0.25, -0.2) is 0 Å². The largest absolute Gasteiger partial charge is 0.341 e.